The lowest BCUT2D eigenvalue weighted by Crippen LogP contribution is -2.65. The zero-order chi connectivity index (χ0) is 23.2. The number of nitrogens with one attached hydrogen (secondary N) is 1. The van der Waals surface area contributed by atoms with Crippen molar-refractivity contribution in [1.82, 2.24) is 19.7 Å². The van der Waals surface area contributed by atoms with Gasteiger partial charge < -0.3 is 19.9 Å². The molecule has 4 rings (SSSR count). The van der Waals surface area contributed by atoms with E-state index in [0.717, 1.165) is 13.0 Å². The number of benzene rings is 1. The second-order valence-corrected chi connectivity index (χ2v) is 8.69. The van der Waals surface area contributed by atoms with Crippen LogP contribution in [0.5, 0.6) is 5.75 Å². The molecule has 170 valence electrons. The van der Waals surface area contributed by atoms with Gasteiger partial charge in [-0.3, -0.25) is 19.3 Å². The van der Waals surface area contributed by atoms with E-state index in [4.69, 9.17) is 0 Å². The van der Waals surface area contributed by atoms with Gasteiger partial charge in [-0.25, -0.2) is 4.39 Å². The van der Waals surface area contributed by atoms with Crippen molar-refractivity contribution in [2.24, 2.45) is 0 Å². The molecule has 2 amide bonds. The molecule has 2 aliphatic heterocycles. The quantitative estimate of drug-likeness (QED) is 0.754. The van der Waals surface area contributed by atoms with Crippen LogP contribution in [-0.4, -0.2) is 56.1 Å². The predicted octanol–water partition coefficient (Wildman–Crippen LogP) is 1.91. The van der Waals surface area contributed by atoms with Crippen LogP contribution >= 0.6 is 0 Å². The van der Waals surface area contributed by atoms with Crippen molar-refractivity contribution in [3.05, 3.63) is 63.3 Å². The molecular weight excluding hydrogens is 415 g/mol. The highest BCUT2D eigenvalue weighted by atomic mass is 19.1. The van der Waals surface area contributed by atoms with Gasteiger partial charge >= 0.3 is 0 Å². The van der Waals surface area contributed by atoms with Crippen molar-refractivity contribution < 1.29 is 19.1 Å². The molecule has 0 radical (unpaired) electrons. The first-order chi connectivity index (χ1) is 15.2. The van der Waals surface area contributed by atoms with Crippen LogP contribution in [0.1, 0.15) is 53.6 Å². The Morgan fingerprint density at radius 1 is 1.25 bits per heavy atom. The fourth-order valence-electron chi connectivity index (χ4n) is 4.57. The molecule has 0 bridgehead atoms. The molecular formula is C23H27FN4O4. The van der Waals surface area contributed by atoms with Gasteiger partial charge in [0, 0.05) is 31.4 Å². The summed E-state index contributed by atoms with van der Waals surface area (Å²) in [6.45, 7) is 7.35. The van der Waals surface area contributed by atoms with Gasteiger partial charge in [-0.15, -0.1) is 0 Å². The third kappa shape index (κ3) is 3.77. The Balaban J connectivity index is 1.66. The van der Waals surface area contributed by atoms with Crippen LogP contribution in [0.25, 0.3) is 0 Å². The number of fused-ring (bicyclic) bond motifs is 2. The average molecular weight is 442 g/mol. The topological polar surface area (TPSA) is 94.9 Å². The van der Waals surface area contributed by atoms with E-state index in [2.05, 4.69) is 24.1 Å². The summed E-state index contributed by atoms with van der Waals surface area (Å²) in [6, 6.07) is 5.81. The lowest BCUT2D eigenvalue weighted by Gasteiger charge is -2.51. The van der Waals surface area contributed by atoms with Crippen LogP contribution in [0.4, 0.5) is 4.39 Å². The zero-order valence-corrected chi connectivity index (χ0v) is 18.3. The van der Waals surface area contributed by atoms with Gasteiger partial charge in [0.05, 0.1) is 6.54 Å². The van der Waals surface area contributed by atoms with Gasteiger partial charge in [0.2, 0.25) is 5.43 Å². The standard InChI is InChI=1S/C23H27FN4O4/c1-13(2)27-9-8-14(3)28-18(27)12-26-11-17(20(29)21(30)19(26)23(28)32)22(31)25-10-15-4-6-16(24)7-5-15/h4-7,11,13-14,18,30H,8-10,12H2,1-3H3,(H,25,31)/t14-,18?/m1/s1. The van der Waals surface area contributed by atoms with Crippen LogP contribution in [-0.2, 0) is 13.1 Å². The summed E-state index contributed by atoms with van der Waals surface area (Å²) in [7, 11) is 0. The fourth-order valence-corrected chi connectivity index (χ4v) is 4.57. The third-order valence-electron chi connectivity index (χ3n) is 6.31. The van der Waals surface area contributed by atoms with E-state index in [-0.39, 0.29) is 41.9 Å². The van der Waals surface area contributed by atoms with Crippen LogP contribution in [0.2, 0.25) is 0 Å². The lowest BCUT2D eigenvalue weighted by atomic mass is 10.0. The Labute approximate surface area is 185 Å². The number of carbonyl (C=O) groups excluding carboxylic acids is 2. The molecule has 2 N–H and O–H groups in total. The van der Waals surface area contributed by atoms with Crippen LogP contribution in [0, 0.1) is 5.82 Å². The van der Waals surface area contributed by atoms with Gasteiger partial charge in [0.25, 0.3) is 11.8 Å². The maximum absolute atomic E-state index is 13.3. The average Bonchev–Trinajstić information content (AvgIpc) is 2.75. The van der Waals surface area contributed by atoms with Crippen LogP contribution < -0.4 is 10.7 Å². The summed E-state index contributed by atoms with van der Waals surface area (Å²) in [5.74, 6) is -2.18. The van der Waals surface area contributed by atoms with Crippen LogP contribution in [0.15, 0.2) is 35.3 Å². The van der Waals surface area contributed by atoms with Gasteiger partial charge in [-0.05, 0) is 44.9 Å². The maximum atomic E-state index is 13.3. The maximum Gasteiger partial charge on any atom is 0.276 e. The first kappa shape index (κ1) is 22.0. The number of aromatic hydroxyl groups is 1. The summed E-state index contributed by atoms with van der Waals surface area (Å²) < 4.78 is 14.6. The van der Waals surface area contributed by atoms with Crippen molar-refractivity contribution in [2.75, 3.05) is 6.54 Å². The molecule has 0 saturated carbocycles. The Morgan fingerprint density at radius 2 is 1.94 bits per heavy atom. The Kier molecular flexibility index (Phi) is 5.77. The molecule has 32 heavy (non-hydrogen) atoms. The Hall–Kier alpha value is -3.20. The molecule has 1 saturated heterocycles. The highest BCUT2D eigenvalue weighted by Crippen LogP contribution is 2.31. The van der Waals surface area contributed by atoms with Gasteiger partial charge in [-0.2, -0.15) is 0 Å². The first-order valence-corrected chi connectivity index (χ1v) is 10.8. The smallest absolute Gasteiger partial charge is 0.276 e. The van der Waals surface area contributed by atoms with Crippen molar-refractivity contribution >= 4 is 11.8 Å². The van der Waals surface area contributed by atoms with E-state index < -0.39 is 23.0 Å². The number of pyridine rings is 1. The van der Waals surface area contributed by atoms with Crippen molar-refractivity contribution in [2.45, 2.75) is 58.5 Å². The van der Waals surface area contributed by atoms with E-state index in [1.165, 1.54) is 35.0 Å². The van der Waals surface area contributed by atoms with E-state index in [9.17, 15) is 23.9 Å². The lowest BCUT2D eigenvalue weighted by molar-refractivity contribution is -0.0454. The summed E-state index contributed by atoms with van der Waals surface area (Å²) >= 11 is 0. The zero-order valence-electron chi connectivity index (χ0n) is 18.3. The number of hydrogen-bond acceptors (Lipinski definition) is 5. The molecule has 0 aliphatic carbocycles. The second-order valence-electron chi connectivity index (χ2n) is 8.69. The Bertz CT molecular complexity index is 1110. The molecule has 2 atom stereocenters. The largest absolute Gasteiger partial charge is 0.503 e. The molecule has 9 heteroatoms. The van der Waals surface area contributed by atoms with Gasteiger partial charge in [-0.1, -0.05) is 12.1 Å². The number of rotatable bonds is 4. The van der Waals surface area contributed by atoms with E-state index in [1.54, 1.807) is 4.90 Å². The Morgan fingerprint density at radius 3 is 2.59 bits per heavy atom. The normalized spacial score (nSPS) is 20.8. The number of amides is 2. The summed E-state index contributed by atoms with van der Waals surface area (Å²) in [5, 5.41) is 13.2. The highest BCUT2D eigenvalue weighted by Gasteiger charge is 2.44. The van der Waals surface area contributed by atoms with E-state index in [0.29, 0.717) is 12.1 Å². The summed E-state index contributed by atoms with van der Waals surface area (Å²) in [6.07, 6.45) is 1.93. The number of carbonyl (C=O) groups is 2. The first-order valence-electron chi connectivity index (χ1n) is 10.8. The minimum atomic E-state index is -0.884. The van der Waals surface area contributed by atoms with E-state index >= 15 is 0 Å². The molecule has 8 nitrogen and oxygen atoms in total. The third-order valence-corrected chi connectivity index (χ3v) is 6.31. The molecule has 1 unspecified atom stereocenters. The molecule has 0 spiro atoms. The van der Waals surface area contributed by atoms with Crippen molar-refractivity contribution in [1.29, 1.82) is 0 Å². The molecule has 1 aromatic carbocycles. The van der Waals surface area contributed by atoms with Crippen LogP contribution in [0.3, 0.4) is 0 Å². The predicted molar refractivity (Wildman–Crippen MR) is 116 cm³/mol. The minimum absolute atomic E-state index is 0.0237. The second kappa shape index (κ2) is 8.38. The number of halogens is 1. The van der Waals surface area contributed by atoms with Crippen molar-refractivity contribution in [3.8, 4) is 5.75 Å². The fraction of sp³-hybridized carbons (Fsp3) is 0.435. The molecule has 2 aliphatic rings. The summed E-state index contributed by atoms with van der Waals surface area (Å²) in [5.41, 5.74) is -0.546. The number of hydrogen-bond donors (Lipinski definition) is 2. The van der Waals surface area contributed by atoms with Gasteiger partial charge in [0.15, 0.2) is 11.4 Å². The molecule has 2 aromatic rings. The molecule has 3 heterocycles. The monoisotopic (exact) mass is 442 g/mol. The summed E-state index contributed by atoms with van der Waals surface area (Å²) in [4.78, 5) is 42.7. The van der Waals surface area contributed by atoms with Gasteiger partial charge in [0.1, 0.15) is 17.5 Å². The highest BCUT2D eigenvalue weighted by molar-refractivity contribution is 5.99. The van der Waals surface area contributed by atoms with Crippen molar-refractivity contribution in [3.63, 3.8) is 0 Å². The number of nitrogens with zero attached hydrogens (tertiary/aromatic N) is 3. The number of aromatic nitrogens is 1. The van der Waals surface area contributed by atoms with E-state index in [1.807, 2.05) is 6.92 Å². The molecule has 1 aromatic heterocycles. The SMILES string of the molecule is CC(C)N1CC[C@@H](C)N2C(=O)c3c(O)c(=O)c(C(=O)NCc4ccc(F)cc4)cn3CC12. The minimum Gasteiger partial charge on any atom is -0.503 e. The molecule has 1 fully saturated rings.